The summed E-state index contributed by atoms with van der Waals surface area (Å²) in [6.45, 7) is 7.65. The van der Waals surface area contributed by atoms with Crippen molar-refractivity contribution in [3.63, 3.8) is 0 Å². The fourth-order valence-electron chi connectivity index (χ4n) is 2.79. The van der Waals surface area contributed by atoms with E-state index in [0.29, 0.717) is 17.1 Å². The third-order valence-electron chi connectivity index (χ3n) is 3.78. The van der Waals surface area contributed by atoms with Crippen LogP contribution in [0.4, 0.5) is 0 Å². The number of likely N-dealkylation sites (N-methyl/N-ethyl adjacent to an activating group) is 1. The normalized spacial score (nSPS) is 21.5. The molecule has 1 heterocycles. The van der Waals surface area contributed by atoms with E-state index in [1.807, 2.05) is 18.2 Å². The summed E-state index contributed by atoms with van der Waals surface area (Å²) in [7, 11) is 0. The Morgan fingerprint density at radius 2 is 2.22 bits per heavy atom. The molecule has 1 fully saturated rings. The molecule has 0 aromatic heterocycles. The predicted molar refractivity (Wildman–Crippen MR) is 78.5 cm³/mol. The Kier molecular flexibility index (Phi) is 4.91. The Hall–Kier alpha value is -0.280. The zero-order chi connectivity index (χ0) is 13.1. The second-order valence-corrected chi connectivity index (χ2v) is 5.66. The first-order valence-corrected chi connectivity index (χ1v) is 7.30. The van der Waals surface area contributed by atoms with E-state index in [1.165, 1.54) is 6.42 Å². The van der Waals surface area contributed by atoms with E-state index in [0.717, 1.165) is 30.2 Å². The van der Waals surface area contributed by atoms with Crippen LogP contribution < -0.4 is 5.32 Å². The van der Waals surface area contributed by atoms with Gasteiger partial charge in [0.05, 0.1) is 0 Å². The van der Waals surface area contributed by atoms with Crippen LogP contribution in [0.3, 0.4) is 0 Å². The summed E-state index contributed by atoms with van der Waals surface area (Å²) in [4.78, 5) is 2.51. The lowest BCUT2D eigenvalue weighted by molar-refractivity contribution is 0.163. The van der Waals surface area contributed by atoms with Crippen LogP contribution in [0.5, 0.6) is 0 Å². The minimum absolute atomic E-state index is 0.324. The highest BCUT2D eigenvalue weighted by molar-refractivity contribution is 6.35. The van der Waals surface area contributed by atoms with Gasteiger partial charge < -0.3 is 5.32 Å². The van der Waals surface area contributed by atoms with Crippen LogP contribution >= 0.6 is 23.2 Å². The maximum Gasteiger partial charge on any atom is 0.0468 e. The monoisotopic (exact) mass is 286 g/mol. The van der Waals surface area contributed by atoms with Crippen molar-refractivity contribution in [3.8, 4) is 0 Å². The molecule has 18 heavy (non-hydrogen) atoms. The van der Waals surface area contributed by atoms with Gasteiger partial charge >= 0.3 is 0 Å². The Bertz CT molecular complexity index is 403. The standard InChI is InChI=1S/C14H20Cl2N2/c1-3-18(12-6-7-17-9-12)10(2)13-5-4-11(15)8-14(13)16/h4-5,8,10,12,17H,3,6-7,9H2,1-2H3. The minimum atomic E-state index is 0.324. The molecule has 4 heteroatoms. The zero-order valence-electron chi connectivity index (χ0n) is 10.9. The molecule has 1 aromatic rings. The van der Waals surface area contributed by atoms with E-state index >= 15 is 0 Å². The van der Waals surface area contributed by atoms with Gasteiger partial charge in [0, 0.05) is 28.7 Å². The van der Waals surface area contributed by atoms with E-state index in [9.17, 15) is 0 Å². The highest BCUT2D eigenvalue weighted by Gasteiger charge is 2.26. The van der Waals surface area contributed by atoms with Crippen LogP contribution in [-0.2, 0) is 0 Å². The summed E-state index contributed by atoms with van der Waals surface area (Å²) < 4.78 is 0. The lowest BCUT2D eigenvalue weighted by atomic mass is 10.0. The largest absolute Gasteiger partial charge is 0.315 e. The van der Waals surface area contributed by atoms with Crippen molar-refractivity contribution >= 4 is 23.2 Å². The summed E-state index contributed by atoms with van der Waals surface area (Å²) in [5.41, 5.74) is 1.16. The molecule has 1 saturated heterocycles. The van der Waals surface area contributed by atoms with Gasteiger partial charge in [-0.15, -0.1) is 0 Å². The fourth-order valence-corrected chi connectivity index (χ4v) is 3.36. The van der Waals surface area contributed by atoms with E-state index in [4.69, 9.17) is 23.2 Å². The number of nitrogens with one attached hydrogen (secondary N) is 1. The Morgan fingerprint density at radius 1 is 1.44 bits per heavy atom. The van der Waals surface area contributed by atoms with Crippen molar-refractivity contribution in [2.75, 3.05) is 19.6 Å². The molecular weight excluding hydrogens is 267 g/mol. The van der Waals surface area contributed by atoms with Gasteiger partial charge in [0.2, 0.25) is 0 Å². The summed E-state index contributed by atoms with van der Waals surface area (Å²) in [5, 5.41) is 4.88. The van der Waals surface area contributed by atoms with E-state index in [-0.39, 0.29) is 0 Å². The number of nitrogens with zero attached hydrogens (tertiary/aromatic N) is 1. The quantitative estimate of drug-likeness (QED) is 0.907. The lowest BCUT2D eigenvalue weighted by Gasteiger charge is -2.33. The summed E-state index contributed by atoms with van der Waals surface area (Å²) in [6.07, 6.45) is 1.21. The van der Waals surface area contributed by atoms with E-state index in [1.54, 1.807) is 0 Å². The molecule has 1 aromatic carbocycles. The second-order valence-electron chi connectivity index (χ2n) is 4.82. The maximum absolute atomic E-state index is 6.31. The molecular formula is C14H20Cl2N2. The number of halogens is 2. The van der Waals surface area contributed by atoms with Gasteiger partial charge in [-0.05, 0) is 44.1 Å². The zero-order valence-corrected chi connectivity index (χ0v) is 12.4. The first-order valence-electron chi connectivity index (χ1n) is 6.55. The Balaban J connectivity index is 2.19. The molecule has 0 spiro atoms. The summed E-state index contributed by atoms with van der Waals surface area (Å²) in [6, 6.07) is 6.72. The average molecular weight is 287 g/mol. The van der Waals surface area contributed by atoms with Gasteiger partial charge in [-0.1, -0.05) is 36.2 Å². The van der Waals surface area contributed by atoms with Crippen molar-refractivity contribution in [3.05, 3.63) is 33.8 Å². The van der Waals surface area contributed by atoms with Crippen LogP contribution in [0, 0.1) is 0 Å². The second kappa shape index (κ2) is 6.25. The Labute approximate surface area is 119 Å². The van der Waals surface area contributed by atoms with Crippen molar-refractivity contribution < 1.29 is 0 Å². The fraction of sp³-hybridized carbons (Fsp3) is 0.571. The topological polar surface area (TPSA) is 15.3 Å². The van der Waals surface area contributed by atoms with Gasteiger partial charge in [0.25, 0.3) is 0 Å². The number of hydrogen-bond donors (Lipinski definition) is 1. The molecule has 1 N–H and O–H groups in total. The smallest absolute Gasteiger partial charge is 0.0468 e. The molecule has 0 radical (unpaired) electrons. The molecule has 2 rings (SSSR count). The van der Waals surface area contributed by atoms with Crippen molar-refractivity contribution in [2.24, 2.45) is 0 Å². The third-order valence-corrected chi connectivity index (χ3v) is 4.34. The van der Waals surface area contributed by atoms with Crippen molar-refractivity contribution in [2.45, 2.75) is 32.4 Å². The van der Waals surface area contributed by atoms with Crippen LogP contribution in [0.1, 0.15) is 31.9 Å². The van der Waals surface area contributed by atoms with Gasteiger partial charge in [-0.2, -0.15) is 0 Å². The van der Waals surface area contributed by atoms with Crippen molar-refractivity contribution in [1.29, 1.82) is 0 Å². The first kappa shape index (κ1) is 14.1. The average Bonchev–Trinajstić information content (AvgIpc) is 2.83. The number of hydrogen-bond acceptors (Lipinski definition) is 2. The molecule has 0 bridgehead atoms. The highest BCUT2D eigenvalue weighted by atomic mass is 35.5. The molecule has 2 nitrogen and oxygen atoms in total. The Morgan fingerprint density at radius 3 is 2.78 bits per heavy atom. The number of rotatable bonds is 4. The first-order chi connectivity index (χ1) is 8.63. The predicted octanol–water partition coefficient (Wildman–Crippen LogP) is 3.74. The van der Waals surface area contributed by atoms with E-state index < -0.39 is 0 Å². The molecule has 2 unspecified atom stereocenters. The molecule has 0 saturated carbocycles. The van der Waals surface area contributed by atoms with Crippen LogP contribution in [0.2, 0.25) is 10.0 Å². The van der Waals surface area contributed by atoms with Crippen LogP contribution in [0.15, 0.2) is 18.2 Å². The molecule has 2 atom stereocenters. The molecule has 1 aliphatic heterocycles. The molecule has 1 aliphatic rings. The van der Waals surface area contributed by atoms with Crippen LogP contribution in [0.25, 0.3) is 0 Å². The number of benzene rings is 1. The van der Waals surface area contributed by atoms with E-state index in [2.05, 4.69) is 24.1 Å². The maximum atomic E-state index is 6.31. The molecule has 0 aliphatic carbocycles. The van der Waals surface area contributed by atoms with Gasteiger partial charge in [0.15, 0.2) is 0 Å². The van der Waals surface area contributed by atoms with Gasteiger partial charge in [-0.25, -0.2) is 0 Å². The van der Waals surface area contributed by atoms with Gasteiger partial charge in [0.1, 0.15) is 0 Å². The molecule has 100 valence electrons. The highest BCUT2D eigenvalue weighted by Crippen LogP contribution is 2.31. The lowest BCUT2D eigenvalue weighted by Crippen LogP contribution is -2.38. The minimum Gasteiger partial charge on any atom is -0.315 e. The summed E-state index contributed by atoms with van der Waals surface area (Å²) in [5.74, 6) is 0. The molecule has 0 amide bonds. The SMILES string of the molecule is CCN(C1CCNC1)C(C)c1ccc(Cl)cc1Cl. The third kappa shape index (κ3) is 3.00. The summed E-state index contributed by atoms with van der Waals surface area (Å²) >= 11 is 12.3. The van der Waals surface area contributed by atoms with Crippen LogP contribution in [-0.4, -0.2) is 30.6 Å². The van der Waals surface area contributed by atoms with Crippen molar-refractivity contribution in [1.82, 2.24) is 10.2 Å². The van der Waals surface area contributed by atoms with Gasteiger partial charge in [-0.3, -0.25) is 4.90 Å².